The number of ether oxygens (including phenoxy) is 1. The SMILES string of the molecule is NC(=O)[C@H]1[C@@H]2C=CC2[C@H]1Nc1c(Cl)cnc2nc(-c3cccc(CN4CCOCC4)c3)[nH]c12. The van der Waals surface area contributed by atoms with Gasteiger partial charge >= 0.3 is 0 Å². The molecule has 33 heavy (non-hydrogen) atoms. The third-order valence-electron chi connectivity index (χ3n) is 7.04. The minimum Gasteiger partial charge on any atom is -0.379 e. The molecule has 3 heterocycles. The average Bonchev–Trinajstić information content (AvgIpc) is 3.23. The van der Waals surface area contributed by atoms with E-state index in [2.05, 4.69) is 44.5 Å². The minimum absolute atomic E-state index is 0.0794. The summed E-state index contributed by atoms with van der Waals surface area (Å²) in [5.74, 6) is 0.720. The Morgan fingerprint density at radius 2 is 2.09 bits per heavy atom. The number of carbonyl (C=O) groups is 1. The van der Waals surface area contributed by atoms with Gasteiger partial charge in [-0.2, -0.15) is 0 Å². The standard InChI is InChI=1S/C24H25ClN6O2/c25-17-11-27-24-21(20(17)28-19-16-5-4-15(16)18(19)22(26)32)29-23(30-24)14-3-1-2-13(10-14)12-31-6-8-33-9-7-31/h1-5,10-11,15-16,18-19H,6-9,12H2,(H2,26,32)(H2,27,28,29,30)/t15-,16?,18+,19-/m1/s1. The lowest BCUT2D eigenvalue weighted by Gasteiger charge is -2.53. The fraction of sp³-hybridized carbons (Fsp3) is 0.375. The van der Waals surface area contributed by atoms with Crippen molar-refractivity contribution in [1.82, 2.24) is 19.9 Å². The molecule has 1 aliphatic heterocycles. The van der Waals surface area contributed by atoms with Crippen LogP contribution < -0.4 is 11.1 Å². The number of imidazole rings is 1. The summed E-state index contributed by atoms with van der Waals surface area (Å²) < 4.78 is 5.45. The van der Waals surface area contributed by atoms with Crippen molar-refractivity contribution in [3.05, 3.63) is 53.2 Å². The number of allylic oxidation sites excluding steroid dienone is 1. The molecule has 170 valence electrons. The fourth-order valence-electron chi connectivity index (χ4n) is 5.18. The second kappa shape index (κ2) is 8.13. The first-order valence-corrected chi connectivity index (χ1v) is 11.6. The molecule has 4 atom stereocenters. The number of halogens is 1. The van der Waals surface area contributed by atoms with E-state index >= 15 is 0 Å². The van der Waals surface area contributed by atoms with Gasteiger partial charge < -0.3 is 20.8 Å². The molecule has 1 aromatic carbocycles. The van der Waals surface area contributed by atoms with Crippen molar-refractivity contribution in [1.29, 1.82) is 0 Å². The van der Waals surface area contributed by atoms with Gasteiger partial charge in [0.2, 0.25) is 5.91 Å². The molecule has 1 amide bonds. The number of hydrogen-bond donors (Lipinski definition) is 3. The van der Waals surface area contributed by atoms with Crippen molar-refractivity contribution in [2.45, 2.75) is 12.6 Å². The normalized spacial score (nSPS) is 26.5. The third kappa shape index (κ3) is 3.58. The van der Waals surface area contributed by atoms with Gasteiger partial charge in [0.25, 0.3) is 0 Å². The summed E-state index contributed by atoms with van der Waals surface area (Å²) >= 11 is 6.52. The summed E-state index contributed by atoms with van der Waals surface area (Å²) in [4.78, 5) is 26.9. The van der Waals surface area contributed by atoms with Crippen molar-refractivity contribution in [2.75, 3.05) is 31.6 Å². The van der Waals surface area contributed by atoms with Crippen molar-refractivity contribution in [2.24, 2.45) is 23.5 Å². The Hall–Kier alpha value is -2.94. The molecule has 1 unspecified atom stereocenters. The van der Waals surface area contributed by atoms with Crippen LogP contribution in [-0.4, -0.2) is 58.1 Å². The molecule has 4 N–H and O–H groups in total. The van der Waals surface area contributed by atoms with E-state index in [0.717, 1.165) is 49.8 Å². The summed E-state index contributed by atoms with van der Waals surface area (Å²) in [6.07, 6.45) is 5.77. The first-order valence-electron chi connectivity index (χ1n) is 11.3. The largest absolute Gasteiger partial charge is 0.379 e. The van der Waals surface area contributed by atoms with Crippen LogP contribution in [0.25, 0.3) is 22.6 Å². The highest BCUT2D eigenvalue weighted by atomic mass is 35.5. The van der Waals surface area contributed by atoms with E-state index in [9.17, 15) is 4.79 Å². The second-order valence-corrected chi connectivity index (χ2v) is 9.40. The van der Waals surface area contributed by atoms with Crippen LogP contribution in [0, 0.1) is 17.8 Å². The molecule has 2 fully saturated rings. The molecular weight excluding hydrogens is 440 g/mol. The molecule has 2 aliphatic carbocycles. The summed E-state index contributed by atoms with van der Waals surface area (Å²) in [7, 11) is 0. The number of nitrogens with zero attached hydrogens (tertiary/aromatic N) is 3. The predicted octanol–water partition coefficient (Wildman–Crippen LogP) is 2.81. The van der Waals surface area contributed by atoms with E-state index in [1.165, 1.54) is 5.56 Å². The Kier molecular flexibility index (Phi) is 5.09. The highest BCUT2D eigenvalue weighted by Crippen LogP contribution is 2.50. The summed E-state index contributed by atoms with van der Waals surface area (Å²) in [5.41, 5.74) is 9.87. The maximum Gasteiger partial charge on any atom is 0.223 e. The lowest BCUT2D eigenvalue weighted by Crippen LogP contribution is -2.61. The number of aromatic amines is 1. The number of fused-ring (bicyclic) bond motifs is 2. The molecule has 0 radical (unpaired) electrons. The topological polar surface area (TPSA) is 109 Å². The zero-order valence-corrected chi connectivity index (χ0v) is 18.8. The molecule has 6 rings (SSSR count). The van der Waals surface area contributed by atoms with E-state index < -0.39 is 0 Å². The maximum atomic E-state index is 12.0. The Morgan fingerprint density at radius 1 is 1.27 bits per heavy atom. The second-order valence-electron chi connectivity index (χ2n) is 8.99. The van der Waals surface area contributed by atoms with Crippen molar-refractivity contribution < 1.29 is 9.53 Å². The minimum atomic E-state index is -0.290. The first kappa shape index (κ1) is 20.7. The zero-order chi connectivity index (χ0) is 22.5. The van der Waals surface area contributed by atoms with Crippen LogP contribution in [0.1, 0.15) is 5.56 Å². The Balaban J connectivity index is 1.29. The molecule has 0 bridgehead atoms. The lowest BCUT2D eigenvalue weighted by atomic mass is 9.54. The molecule has 1 saturated carbocycles. The van der Waals surface area contributed by atoms with Gasteiger partial charge in [0.05, 0.1) is 36.0 Å². The lowest BCUT2D eigenvalue weighted by molar-refractivity contribution is -0.129. The molecule has 9 heteroatoms. The summed E-state index contributed by atoms with van der Waals surface area (Å²) in [6, 6.07) is 8.29. The average molecular weight is 465 g/mol. The Bertz CT molecular complexity index is 1250. The molecule has 3 aliphatic rings. The van der Waals surface area contributed by atoms with Crippen LogP contribution in [0.5, 0.6) is 0 Å². The maximum absolute atomic E-state index is 12.0. The van der Waals surface area contributed by atoms with E-state index in [1.54, 1.807) is 6.20 Å². The molecular formula is C24H25ClN6O2. The highest BCUT2D eigenvalue weighted by Gasteiger charge is 2.54. The van der Waals surface area contributed by atoms with Gasteiger partial charge in [0.15, 0.2) is 5.65 Å². The van der Waals surface area contributed by atoms with Gasteiger partial charge in [-0.1, -0.05) is 42.0 Å². The van der Waals surface area contributed by atoms with Crippen LogP contribution in [0.15, 0.2) is 42.6 Å². The molecule has 1 saturated heterocycles. The van der Waals surface area contributed by atoms with Crippen LogP contribution in [0.4, 0.5) is 5.69 Å². The van der Waals surface area contributed by atoms with E-state index in [-0.39, 0.29) is 23.8 Å². The number of pyridine rings is 1. The van der Waals surface area contributed by atoms with E-state index in [4.69, 9.17) is 27.1 Å². The highest BCUT2D eigenvalue weighted by molar-refractivity contribution is 6.34. The zero-order valence-electron chi connectivity index (χ0n) is 18.0. The number of benzene rings is 1. The van der Waals surface area contributed by atoms with Crippen molar-refractivity contribution in [3.8, 4) is 11.4 Å². The number of H-pyrrole nitrogens is 1. The van der Waals surface area contributed by atoms with Crippen LogP contribution in [0.3, 0.4) is 0 Å². The number of rotatable bonds is 6. The number of carbonyl (C=O) groups excluding carboxylic acids is 1. The van der Waals surface area contributed by atoms with Gasteiger partial charge in [0.1, 0.15) is 11.3 Å². The van der Waals surface area contributed by atoms with E-state index in [0.29, 0.717) is 22.3 Å². The van der Waals surface area contributed by atoms with Crippen LogP contribution in [-0.2, 0) is 16.1 Å². The van der Waals surface area contributed by atoms with Gasteiger partial charge in [-0.25, -0.2) is 9.97 Å². The Morgan fingerprint density at radius 3 is 2.85 bits per heavy atom. The van der Waals surface area contributed by atoms with Crippen molar-refractivity contribution >= 4 is 34.4 Å². The van der Waals surface area contributed by atoms with Gasteiger partial charge in [0, 0.05) is 37.2 Å². The number of anilines is 1. The van der Waals surface area contributed by atoms with Crippen LogP contribution in [0.2, 0.25) is 5.02 Å². The Labute approximate surface area is 196 Å². The molecule has 8 nitrogen and oxygen atoms in total. The van der Waals surface area contributed by atoms with Gasteiger partial charge in [-0.3, -0.25) is 9.69 Å². The third-order valence-corrected chi connectivity index (χ3v) is 7.33. The van der Waals surface area contributed by atoms with Gasteiger partial charge in [-0.05, 0) is 17.5 Å². The fourth-order valence-corrected chi connectivity index (χ4v) is 5.38. The van der Waals surface area contributed by atoms with Crippen LogP contribution >= 0.6 is 11.6 Å². The number of aromatic nitrogens is 3. The monoisotopic (exact) mass is 464 g/mol. The number of morpholine rings is 1. The smallest absolute Gasteiger partial charge is 0.223 e. The quantitative estimate of drug-likeness (QED) is 0.484. The first-order chi connectivity index (χ1) is 16.1. The number of hydrogen-bond acceptors (Lipinski definition) is 6. The molecule has 3 aromatic rings. The summed E-state index contributed by atoms with van der Waals surface area (Å²) in [6.45, 7) is 4.31. The number of nitrogens with two attached hydrogens (primary N) is 1. The van der Waals surface area contributed by atoms with Gasteiger partial charge in [-0.15, -0.1) is 0 Å². The van der Waals surface area contributed by atoms with E-state index in [1.807, 2.05) is 12.1 Å². The summed E-state index contributed by atoms with van der Waals surface area (Å²) in [5, 5.41) is 3.95. The number of primary amides is 1. The number of amides is 1. The molecule has 0 spiro atoms. The predicted molar refractivity (Wildman–Crippen MR) is 127 cm³/mol. The van der Waals surface area contributed by atoms with Crippen molar-refractivity contribution in [3.63, 3.8) is 0 Å². The molecule has 2 aromatic heterocycles. The number of nitrogens with one attached hydrogen (secondary N) is 2.